The van der Waals surface area contributed by atoms with Crippen molar-refractivity contribution in [1.82, 2.24) is 29.4 Å². The fraction of sp³-hybridized carbons (Fsp3) is 0.417. The molecule has 0 radical (unpaired) electrons. The summed E-state index contributed by atoms with van der Waals surface area (Å²) in [5.74, 6) is 1.13. The van der Waals surface area contributed by atoms with Crippen LogP contribution in [0.25, 0.3) is 15.7 Å². The maximum atomic E-state index is 13.1. The van der Waals surface area contributed by atoms with E-state index < -0.39 is 0 Å². The van der Waals surface area contributed by atoms with Crippen molar-refractivity contribution in [3.05, 3.63) is 47.4 Å². The number of carbonyl (C=O) groups is 1. The maximum absolute atomic E-state index is 13.1. The lowest BCUT2D eigenvalue weighted by molar-refractivity contribution is -0.134. The Kier molecular flexibility index (Phi) is 5.99. The van der Waals surface area contributed by atoms with Gasteiger partial charge in [0, 0.05) is 42.5 Å². The van der Waals surface area contributed by atoms with E-state index in [4.69, 9.17) is 0 Å². The molecule has 0 unspecified atom stereocenters. The molecule has 33 heavy (non-hydrogen) atoms. The monoisotopic (exact) mass is 463 g/mol. The van der Waals surface area contributed by atoms with E-state index in [0.717, 1.165) is 66.0 Å². The Balaban J connectivity index is 1.35. The summed E-state index contributed by atoms with van der Waals surface area (Å²) in [5.41, 5.74) is 3.28. The van der Waals surface area contributed by atoms with Crippen molar-refractivity contribution < 1.29 is 4.79 Å². The van der Waals surface area contributed by atoms with Gasteiger partial charge in [0.25, 0.3) is 0 Å². The van der Waals surface area contributed by atoms with Crippen molar-refractivity contribution in [2.45, 2.75) is 25.7 Å². The number of hydrogen-bond donors (Lipinski definition) is 1. The van der Waals surface area contributed by atoms with Crippen LogP contribution in [-0.2, 0) is 17.6 Å². The summed E-state index contributed by atoms with van der Waals surface area (Å²) in [6.07, 6.45) is 8.86. The van der Waals surface area contributed by atoms with Gasteiger partial charge in [0.05, 0.1) is 10.9 Å². The number of carbonyl (C=O) groups excluding carboxylic acids is 1. The van der Waals surface area contributed by atoms with Crippen LogP contribution in [0, 0.1) is 5.92 Å². The van der Waals surface area contributed by atoms with Crippen LogP contribution in [0.1, 0.15) is 23.3 Å². The molecule has 1 N–H and O–H groups in total. The maximum Gasteiger partial charge on any atom is 0.225 e. The van der Waals surface area contributed by atoms with Crippen LogP contribution in [-0.4, -0.2) is 69.5 Å². The van der Waals surface area contributed by atoms with Crippen LogP contribution in [0.3, 0.4) is 0 Å². The van der Waals surface area contributed by atoms with Crippen molar-refractivity contribution in [3.63, 3.8) is 0 Å². The first-order valence-corrected chi connectivity index (χ1v) is 12.2. The standard InChI is InChI=1S/C24H29N7OS/c1-29(2)10-4-11-30(3)24(32)16-5-6-19-20(13-16)33-23-21(19)22(25-15-26-23)28-17-8-12-31-18(14-17)7-9-27-31/h7-9,12,14-16H,4-6,10-11,13H2,1-3H3,(H,25,26,28)/t16-/m0/s1. The van der Waals surface area contributed by atoms with E-state index in [0.29, 0.717) is 0 Å². The van der Waals surface area contributed by atoms with Crippen molar-refractivity contribution in [3.8, 4) is 0 Å². The first kappa shape index (κ1) is 21.8. The van der Waals surface area contributed by atoms with Gasteiger partial charge in [-0.3, -0.25) is 4.79 Å². The topological polar surface area (TPSA) is 78.7 Å². The molecule has 9 heteroatoms. The lowest BCUT2D eigenvalue weighted by Gasteiger charge is -2.27. The Labute approximate surface area is 197 Å². The minimum absolute atomic E-state index is 0.0450. The zero-order valence-corrected chi connectivity index (χ0v) is 20.1. The van der Waals surface area contributed by atoms with Gasteiger partial charge >= 0.3 is 0 Å². The number of amides is 1. The Hall–Kier alpha value is -3.04. The average molecular weight is 464 g/mol. The molecule has 4 heterocycles. The van der Waals surface area contributed by atoms with Gasteiger partial charge in [0.15, 0.2) is 0 Å². The minimum Gasteiger partial charge on any atom is -0.345 e. The molecule has 0 fully saturated rings. The smallest absolute Gasteiger partial charge is 0.225 e. The zero-order valence-electron chi connectivity index (χ0n) is 19.3. The highest BCUT2D eigenvalue weighted by Crippen LogP contribution is 2.40. The van der Waals surface area contributed by atoms with Crippen LogP contribution in [0.2, 0.25) is 0 Å². The molecule has 0 aromatic carbocycles. The van der Waals surface area contributed by atoms with Gasteiger partial charge < -0.3 is 15.1 Å². The molecule has 4 aromatic rings. The molecule has 4 aromatic heterocycles. The van der Waals surface area contributed by atoms with E-state index in [1.807, 2.05) is 34.8 Å². The van der Waals surface area contributed by atoms with Gasteiger partial charge in [-0.05, 0) is 70.1 Å². The van der Waals surface area contributed by atoms with Gasteiger partial charge in [0.2, 0.25) is 5.91 Å². The third-order valence-corrected chi connectivity index (χ3v) is 7.49. The molecule has 0 spiro atoms. The van der Waals surface area contributed by atoms with Gasteiger partial charge in [-0.15, -0.1) is 11.3 Å². The second-order valence-electron chi connectivity index (χ2n) is 9.00. The molecule has 1 atom stereocenters. The highest BCUT2D eigenvalue weighted by molar-refractivity contribution is 7.19. The van der Waals surface area contributed by atoms with Gasteiger partial charge in [-0.1, -0.05) is 0 Å². The second kappa shape index (κ2) is 9.07. The van der Waals surface area contributed by atoms with Crippen LogP contribution in [0.5, 0.6) is 0 Å². The van der Waals surface area contributed by atoms with Crippen molar-refractivity contribution in [2.75, 3.05) is 39.5 Å². The summed E-state index contributed by atoms with van der Waals surface area (Å²) >= 11 is 1.70. The number of hydrogen-bond acceptors (Lipinski definition) is 7. The fourth-order valence-corrected chi connectivity index (χ4v) is 5.86. The second-order valence-corrected chi connectivity index (χ2v) is 10.1. The largest absolute Gasteiger partial charge is 0.345 e. The molecular weight excluding hydrogens is 434 g/mol. The summed E-state index contributed by atoms with van der Waals surface area (Å²) in [5, 5.41) is 8.83. The molecule has 8 nitrogen and oxygen atoms in total. The highest BCUT2D eigenvalue weighted by atomic mass is 32.1. The first-order chi connectivity index (χ1) is 16.0. The summed E-state index contributed by atoms with van der Waals surface area (Å²) < 4.78 is 1.84. The van der Waals surface area contributed by atoms with Crippen LogP contribution in [0.4, 0.5) is 11.5 Å². The van der Waals surface area contributed by atoms with E-state index in [1.165, 1.54) is 10.4 Å². The third kappa shape index (κ3) is 4.43. The van der Waals surface area contributed by atoms with E-state index >= 15 is 0 Å². The van der Waals surface area contributed by atoms with Crippen LogP contribution in [0.15, 0.2) is 36.9 Å². The molecule has 0 bridgehead atoms. The predicted molar refractivity (Wildman–Crippen MR) is 132 cm³/mol. The van der Waals surface area contributed by atoms with E-state index in [9.17, 15) is 4.79 Å². The number of thiophene rings is 1. The molecule has 1 amide bonds. The molecule has 0 saturated heterocycles. The van der Waals surface area contributed by atoms with Crippen LogP contribution < -0.4 is 5.32 Å². The first-order valence-electron chi connectivity index (χ1n) is 11.3. The molecule has 172 valence electrons. The Morgan fingerprint density at radius 2 is 2.12 bits per heavy atom. The normalized spacial score (nSPS) is 15.8. The van der Waals surface area contributed by atoms with Crippen molar-refractivity contribution in [2.24, 2.45) is 5.92 Å². The minimum atomic E-state index is 0.0450. The summed E-state index contributed by atoms with van der Waals surface area (Å²) in [4.78, 5) is 28.5. The Morgan fingerprint density at radius 1 is 1.24 bits per heavy atom. The van der Waals surface area contributed by atoms with E-state index in [-0.39, 0.29) is 11.8 Å². The van der Waals surface area contributed by atoms with Crippen molar-refractivity contribution >= 4 is 44.5 Å². The molecule has 1 aliphatic rings. The van der Waals surface area contributed by atoms with E-state index in [1.54, 1.807) is 23.9 Å². The Morgan fingerprint density at radius 3 is 2.97 bits per heavy atom. The molecule has 5 rings (SSSR count). The number of rotatable bonds is 7. The van der Waals surface area contributed by atoms with Crippen LogP contribution >= 0.6 is 11.3 Å². The number of fused-ring (bicyclic) bond motifs is 4. The summed E-state index contributed by atoms with van der Waals surface area (Å²) in [6.45, 7) is 1.79. The van der Waals surface area contributed by atoms with Gasteiger partial charge in [-0.2, -0.15) is 5.10 Å². The fourth-order valence-electron chi connectivity index (χ4n) is 4.60. The number of nitrogens with zero attached hydrogens (tertiary/aromatic N) is 6. The van der Waals surface area contributed by atoms with E-state index in [2.05, 4.69) is 45.4 Å². The number of anilines is 2. The third-order valence-electron chi connectivity index (χ3n) is 6.33. The summed E-state index contributed by atoms with van der Waals surface area (Å²) in [6, 6.07) is 6.02. The lowest BCUT2D eigenvalue weighted by Crippen LogP contribution is -2.36. The number of aryl methyl sites for hydroxylation is 1. The van der Waals surface area contributed by atoms with Gasteiger partial charge in [-0.25, -0.2) is 14.5 Å². The highest BCUT2D eigenvalue weighted by Gasteiger charge is 2.30. The molecule has 0 saturated carbocycles. The molecule has 1 aliphatic carbocycles. The summed E-state index contributed by atoms with van der Waals surface area (Å²) in [7, 11) is 6.06. The molecular formula is C24H29N7OS. The average Bonchev–Trinajstić information content (AvgIpc) is 3.42. The number of pyridine rings is 1. The van der Waals surface area contributed by atoms with Gasteiger partial charge in [0.1, 0.15) is 17.0 Å². The quantitative estimate of drug-likeness (QED) is 0.451. The number of nitrogens with one attached hydrogen (secondary N) is 1. The SMILES string of the molecule is CN(C)CCCN(C)C(=O)[C@H]1CCc2c(sc3ncnc(Nc4ccn5nccc5c4)c23)C1. The lowest BCUT2D eigenvalue weighted by atomic mass is 9.87. The zero-order chi connectivity index (χ0) is 22.9. The molecule has 0 aliphatic heterocycles. The predicted octanol–water partition coefficient (Wildman–Crippen LogP) is 3.60. The van der Waals surface area contributed by atoms with Crippen molar-refractivity contribution in [1.29, 1.82) is 0 Å². The Bertz CT molecular complexity index is 1290. The number of aromatic nitrogens is 4.